The van der Waals surface area contributed by atoms with Crippen molar-refractivity contribution in [2.75, 3.05) is 5.32 Å². The second-order valence-electron chi connectivity index (χ2n) is 5.03. The fourth-order valence-electron chi connectivity index (χ4n) is 2.48. The van der Waals surface area contributed by atoms with Crippen molar-refractivity contribution >= 4 is 27.5 Å². The lowest BCUT2D eigenvalue weighted by atomic mass is 9.95. The molecule has 1 heterocycles. The van der Waals surface area contributed by atoms with Gasteiger partial charge in [-0.25, -0.2) is 0 Å². The van der Waals surface area contributed by atoms with Crippen LogP contribution in [-0.2, 0) is 17.8 Å². The Morgan fingerprint density at radius 1 is 1.19 bits per heavy atom. The quantitative estimate of drug-likeness (QED) is 0.732. The van der Waals surface area contributed by atoms with Gasteiger partial charge in [0.25, 0.3) is 0 Å². The van der Waals surface area contributed by atoms with Gasteiger partial charge in [0, 0.05) is 6.54 Å². The third kappa shape index (κ3) is 2.94. The molecule has 108 valence electrons. The van der Waals surface area contributed by atoms with E-state index in [1.807, 2.05) is 18.2 Å². The molecule has 1 aliphatic heterocycles. The second kappa shape index (κ2) is 5.87. The van der Waals surface area contributed by atoms with E-state index in [1.165, 1.54) is 11.1 Å². The molecule has 4 nitrogen and oxygen atoms in total. The summed E-state index contributed by atoms with van der Waals surface area (Å²) in [6, 6.07) is 13.0. The lowest BCUT2D eigenvalue weighted by Gasteiger charge is -2.25. The van der Waals surface area contributed by atoms with E-state index >= 15 is 0 Å². The molecule has 0 radical (unpaired) electrons. The van der Waals surface area contributed by atoms with Crippen molar-refractivity contribution in [2.45, 2.75) is 19.0 Å². The first kappa shape index (κ1) is 14.1. The van der Waals surface area contributed by atoms with Crippen LogP contribution in [0.1, 0.15) is 11.1 Å². The highest BCUT2D eigenvalue weighted by Crippen LogP contribution is 2.31. The van der Waals surface area contributed by atoms with E-state index in [9.17, 15) is 9.90 Å². The van der Waals surface area contributed by atoms with Gasteiger partial charge in [-0.15, -0.1) is 0 Å². The standard InChI is InChI=1S/C16H15BrN2O2/c17-12-6-3-7-13(15(12)20)19-16(21)14-8-10-4-1-2-5-11(10)9-18-14/h1-7,14,18,20H,8-9H2,(H,19,21)/t14-/m1/s1. The van der Waals surface area contributed by atoms with Crippen LogP contribution >= 0.6 is 15.9 Å². The van der Waals surface area contributed by atoms with Crippen LogP contribution in [0.25, 0.3) is 0 Å². The zero-order valence-electron chi connectivity index (χ0n) is 11.3. The summed E-state index contributed by atoms with van der Waals surface area (Å²) in [6.07, 6.45) is 0.650. The molecule has 1 atom stereocenters. The van der Waals surface area contributed by atoms with Crippen molar-refractivity contribution in [3.8, 4) is 5.75 Å². The predicted molar refractivity (Wildman–Crippen MR) is 85.2 cm³/mol. The van der Waals surface area contributed by atoms with Gasteiger partial charge in [0.1, 0.15) is 0 Å². The molecular weight excluding hydrogens is 332 g/mol. The summed E-state index contributed by atoms with van der Waals surface area (Å²) in [7, 11) is 0. The molecule has 0 saturated heterocycles. The Hall–Kier alpha value is -1.85. The van der Waals surface area contributed by atoms with Crippen molar-refractivity contribution < 1.29 is 9.90 Å². The third-order valence-corrected chi connectivity index (χ3v) is 4.28. The van der Waals surface area contributed by atoms with E-state index in [4.69, 9.17) is 0 Å². The Balaban J connectivity index is 1.74. The van der Waals surface area contributed by atoms with Crippen LogP contribution in [0, 0.1) is 0 Å². The number of aromatic hydroxyl groups is 1. The Morgan fingerprint density at radius 3 is 2.76 bits per heavy atom. The number of carbonyl (C=O) groups excluding carboxylic acids is 1. The average molecular weight is 347 g/mol. The zero-order chi connectivity index (χ0) is 14.8. The molecule has 21 heavy (non-hydrogen) atoms. The summed E-state index contributed by atoms with van der Waals surface area (Å²) in [4.78, 5) is 12.3. The number of hydrogen-bond acceptors (Lipinski definition) is 3. The molecule has 0 unspecified atom stereocenters. The number of amides is 1. The normalized spacial score (nSPS) is 17.1. The Kier molecular flexibility index (Phi) is 3.94. The number of phenolic OH excluding ortho intramolecular Hbond substituents is 1. The molecule has 0 fully saturated rings. The number of hydrogen-bond donors (Lipinski definition) is 3. The SMILES string of the molecule is O=C(Nc1cccc(Br)c1O)[C@H]1Cc2ccccc2CN1. The highest BCUT2D eigenvalue weighted by molar-refractivity contribution is 9.10. The average Bonchev–Trinajstić information content (AvgIpc) is 2.51. The molecule has 3 rings (SSSR count). The molecule has 0 aliphatic carbocycles. The Labute approximate surface area is 131 Å². The molecule has 5 heteroatoms. The maximum Gasteiger partial charge on any atom is 0.241 e. The molecule has 2 aromatic rings. The molecule has 0 bridgehead atoms. The summed E-state index contributed by atoms with van der Waals surface area (Å²) in [5.74, 6) is -0.0973. The Bertz CT molecular complexity index is 688. The summed E-state index contributed by atoms with van der Waals surface area (Å²) in [6.45, 7) is 0.679. The van der Waals surface area contributed by atoms with E-state index < -0.39 is 0 Å². The van der Waals surface area contributed by atoms with Gasteiger partial charge in [0.2, 0.25) is 5.91 Å². The molecule has 0 aromatic heterocycles. The number of carbonyl (C=O) groups is 1. The summed E-state index contributed by atoms with van der Waals surface area (Å²) >= 11 is 3.24. The van der Waals surface area contributed by atoms with Crippen molar-refractivity contribution in [2.24, 2.45) is 0 Å². The first-order valence-electron chi connectivity index (χ1n) is 6.73. The van der Waals surface area contributed by atoms with Crippen LogP contribution < -0.4 is 10.6 Å². The second-order valence-corrected chi connectivity index (χ2v) is 5.89. The molecule has 1 aliphatic rings. The molecular formula is C16H15BrN2O2. The van der Waals surface area contributed by atoms with Gasteiger partial charge >= 0.3 is 0 Å². The van der Waals surface area contributed by atoms with Crippen LogP contribution in [0.5, 0.6) is 5.75 Å². The highest BCUT2D eigenvalue weighted by atomic mass is 79.9. The largest absolute Gasteiger partial charge is 0.505 e. The third-order valence-electron chi connectivity index (χ3n) is 3.64. The van der Waals surface area contributed by atoms with E-state index in [0.29, 0.717) is 23.1 Å². The number of fused-ring (bicyclic) bond motifs is 1. The number of anilines is 1. The van der Waals surface area contributed by atoms with Crippen molar-refractivity contribution in [1.29, 1.82) is 0 Å². The minimum Gasteiger partial charge on any atom is -0.505 e. The monoisotopic (exact) mass is 346 g/mol. The van der Waals surface area contributed by atoms with Gasteiger partial charge in [-0.05, 0) is 45.6 Å². The smallest absolute Gasteiger partial charge is 0.241 e. The van der Waals surface area contributed by atoms with Gasteiger partial charge in [0.05, 0.1) is 16.2 Å². The lowest BCUT2D eigenvalue weighted by molar-refractivity contribution is -0.118. The van der Waals surface area contributed by atoms with E-state index in [-0.39, 0.29) is 17.7 Å². The van der Waals surface area contributed by atoms with Crippen LogP contribution in [0.2, 0.25) is 0 Å². The summed E-state index contributed by atoms with van der Waals surface area (Å²) < 4.78 is 0.558. The topological polar surface area (TPSA) is 61.4 Å². The van der Waals surface area contributed by atoms with Crippen LogP contribution in [0.3, 0.4) is 0 Å². The zero-order valence-corrected chi connectivity index (χ0v) is 12.9. The number of phenols is 1. The van der Waals surface area contributed by atoms with Crippen molar-refractivity contribution in [3.05, 3.63) is 58.1 Å². The maximum absolute atomic E-state index is 12.3. The molecule has 0 spiro atoms. The first-order valence-corrected chi connectivity index (χ1v) is 7.53. The molecule has 1 amide bonds. The highest BCUT2D eigenvalue weighted by Gasteiger charge is 2.24. The van der Waals surface area contributed by atoms with Crippen LogP contribution in [0.15, 0.2) is 46.9 Å². The summed E-state index contributed by atoms with van der Waals surface area (Å²) in [5, 5.41) is 15.9. The van der Waals surface area contributed by atoms with E-state index in [1.54, 1.807) is 18.2 Å². The van der Waals surface area contributed by atoms with Gasteiger partial charge < -0.3 is 15.7 Å². The maximum atomic E-state index is 12.3. The minimum absolute atomic E-state index is 0.0436. The Morgan fingerprint density at radius 2 is 1.95 bits per heavy atom. The molecule has 2 aromatic carbocycles. The molecule has 0 saturated carbocycles. The van der Waals surface area contributed by atoms with Crippen molar-refractivity contribution in [3.63, 3.8) is 0 Å². The van der Waals surface area contributed by atoms with Crippen molar-refractivity contribution in [1.82, 2.24) is 5.32 Å². The van der Waals surface area contributed by atoms with Gasteiger partial charge in [0.15, 0.2) is 5.75 Å². The lowest BCUT2D eigenvalue weighted by Crippen LogP contribution is -2.44. The van der Waals surface area contributed by atoms with Gasteiger partial charge in [-0.2, -0.15) is 0 Å². The predicted octanol–water partition coefficient (Wildman–Crippen LogP) is 2.81. The van der Waals surface area contributed by atoms with Gasteiger partial charge in [-0.1, -0.05) is 30.3 Å². The fraction of sp³-hybridized carbons (Fsp3) is 0.188. The first-order chi connectivity index (χ1) is 10.1. The van der Waals surface area contributed by atoms with E-state index in [2.05, 4.69) is 32.6 Å². The fourth-order valence-corrected chi connectivity index (χ4v) is 2.84. The number of benzene rings is 2. The summed E-state index contributed by atoms with van der Waals surface area (Å²) in [5.41, 5.74) is 2.83. The van der Waals surface area contributed by atoms with Gasteiger partial charge in [-0.3, -0.25) is 4.79 Å². The molecule has 3 N–H and O–H groups in total. The minimum atomic E-state index is -0.293. The number of rotatable bonds is 2. The van der Waals surface area contributed by atoms with Crippen LogP contribution in [0.4, 0.5) is 5.69 Å². The number of para-hydroxylation sites is 1. The number of halogens is 1. The van der Waals surface area contributed by atoms with E-state index in [0.717, 1.165) is 0 Å². The number of nitrogens with one attached hydrogen (secondary N) is 2. The van der Waals surface area contributed by atoms with Crippen LogP contribution in [-0.4, -0.2) is 17.1 Å².